The third-order valence-corrected chi connectivity index (χ3v) is 4.37. The number of nitrogens with one attached hydrogen (secondary N) is 1. The predicted molar refractivity (Wildman–Crippen MR) is 90.5 cm³/mol. The highest BCUT2D eigenvalue weighted by atomic mass is 16.5. The molecule has 0 saturated carbocycles. The molecule has 1 unspecified atom stereocenters. The van der Waals surface area contributed by atoms with Crippen molar-refractivity contribution in [3.8, 4) is 0 Å². The molecule has 7 nitrogen and oxygen atoms in total. The molecule has 7 heteroatoms. The molecule has 3 rings (SSSR count). The van der Waals surface area contributed by atoms with Gasteiger partial charge in [-0.3, -0.25) is 4.79 Å². The van der Waals surface area contributed by atoms with Gasteiger partial charge in [-0.1, -0.05) is 13.8 Å². The SMILES string of the molecule is CC(C)c1cc(C(=O)NCC2CCCO2)nc(N2CCOCC2)n1. The van der Waals surface area contributed by atoms with E-state index in [-0.39, 0.29) is 17.9 Å². The number of anilines is 1. The topological polar surface area (TPSA) is 76.6 Å². The molecule has 1 atom stereocenters. The van der Waals surface area contributed by atoms with E-state index in [2.05, 4.69) is 34.0 Å². The predicted octanol–water partition coefficient (Wildman–Crippen LogP) is 1.35. The number of hydrogen-bond acceptors (Lipinski definition) is 6. The molecule has 1 aromatic rings. The zero-order valence-electron chi connectivity index (χ0n) is 14.5. The Kier molecular flexibility index (Phi) is 5.63. The maximum Gasteiger partial charge on any atom is 0.270 e. The first-order valence-corrected chi connectivity index (χ1v) is 8.75. The molecule has 2 aliphatic rings. The Morgan fingerprint density at radius 1 is 1.33 bits per heavy atom. The minimum absolute atomic E-state index is 0.124. The smallest absolute Gasteiger partial charge is 0.270 e. The molecule has 1 aromatic heterocycles. The number of aromatic nitrogens is 2. The van der Waals surface area contributed by atoms with Crippen LogP contribution in [0.2, 0.25) is 0 Å². The molecule has 24 heavy (non-hydrogen) atoms. The summed E-state index contributed by atoms with van der Waals surface area (Å²) in [6, 6.07) is 1.79. The molecular formula is C17H26N4O3. The minimum Gasteiger partial charge on any atom is -0.378 e. The van der Waals surface area contributed by atoms with Crippen molar-refractivity contribution < 1.29 is 14.3 Å². The number of nitrogens with zero attached hydrogens (tertiary/aromatic N) is 3. The highest BCUT2D eigenvalue weighted by Crippen LogP contribution is 2.18. The van der Waals surface area contributed by atoms with Crippen LogP contribution < -0.4 is 10.2 Å². The van der Waals surface area contributed by atoms with Crippen molar-refractivity contribution in [3.63, 3.8) is 0 Å². The molecule has 0 aromatic carbocycles. The van der Waals surface area contributed by atoms with E-state index in [1.165, 1.54) is 0 Å². The van der Waals surface area contributed by atoms with Crippen molar-refractivity contribution in [2.45, 2.75) is 38.7 Å². The first-order chi connectivity index (χ1) is 11.6. The average molecular weight is 334 g/mol. The van der Waals surface area contributed by atoms with Crippen molar-refractivity contribution in [1.82, 2.24) is 15.3 Å². The Hall–Kier alpha value is -1.73. The van der Waals surface area contributed by atoms with E-state index in [0.29, 0.717) is 31.4 Å². The quantitative estimate of drug-likeness (QED) is 0.876. The molecule has 0 aliphatic carbocycles. The fourth-order valence-electron chi connectivity index (χ4n) is 2.87. The maximum atomic E-state index is 12.5. The summed E-state index contributed by atoms with van der Waals surface area (Å²) in [4.78, 5) is 23.7. The van der Waals surface area contributed by atoms with Gasteiger partial charge in [0, 0.05) is 31.9 Å². The van der Waals surface area contributed by atoms with Crippen molar-refractivity contribution in [2.75, 3.05) is 44.4 Å². The second kappa shape index (κ2) is 7.90. The van der Waals surface area contributed by atoms with E-state index in [1.807, 2.05) is 0 Å². The number of rotatable bonds is 5. The number of carbonyl (C=O) groups is 1. The summed E-state index contributed by atoms with van der Waals surface area (Å²) in [5.74, 6) is 0.689. The van der Waals surface area contributed by atoms with Gasteiger partial charge in [0.05, 0.1) is 19.3 Å². The summed E-state index contributed by atoms with van der Waals surface area (Å²) >= 11 is 0. The van der Waals surface area contributed by atoms with Crippen LogP contribution in [-0.4, -0.2) is 61.4 Å². The van der Waals surface area contributed by atoms with Crippen molar-refractivity contribution in [1.29, 1.82) is 0 Å². The minimum atomic E-state index is -0.163. The van der Waals surface area contributed by atoms with E-state index in [0.717, 1.165) is 38.2 Å². The molecule has 2 aliphatic heterocycles. The lowest BCUT2D eigenvalue weighted by Crippen LogP contribution is -2.38. The monoisotopic (exact) mass is 334 g/mol. The molecule has 0 spiro atoms. The lowest BCUT2D eigenvalue weighted by molar-refractivity contribution is 0.0853. The largest absolute Gasteiger partial charge is 0.378 e. The highest BCUT2D eigenvalue weighted by molar-refractivity contribution is 5.92. The van der Waals surface area contributed by atoms with Gasteiger partial charge < -0.3 is 19.7 Å². The Morgan fingerprint density at radius 3 is 2.79 bits per heavy atom. The Balaban J connectivity index is 1.74. The van der Waals surface area contributed by atoms with Gasteiger partial charge >= 0.3 is 0 Å². The molecule has 132 valence electrons. The number of morpholine rings is 1. The molecule has 3 heterocycles. The second-order valence-electron chi connectivity index (χ2n) is 6.58. The average Bonchev–Trinajstić information content (AvgIpc) is 3.13. The molecule has 1 amide bonds. The zero-order valence-corrected chi connectivity index (χ0v) is 14.5. The fourth-order valence-corrected chi connectivity index (χ4v) is 2.87. The lowest BCUT2D eigenvalue weighted by atomic mass is 10.1. The number of hydrogen-bond donors (Lipinski definition) is 1. The van der Waals surface area contributed by atoms with Crippen LogP contribution in [0.4, 0.5) is 5.95 Å². The van der Waals surface area contributed by atoms with E-state index < -0.39 is 0 Å². The van der Waals surface area contributed by atoms with E-state index in [4.69, 9.17) is 9.47 Å². The molecule has 1 N–H and O–H groups in total. The standard InChI is InChI=1S/C17H26N4O3/c1-12(2)14-10-15(16(22)18-11-13-4-3-7-24-13)20-17(19-14)21-5-8-23-9-6-21/h10,12-13H,3-9,11H2,1-2H3,(H,18,22). The molecule has 2 saturated heterocycles. The third-order valence-electron chi connectivity index (χ3n) is 4.37. The first kappa shape index (κ1) is 17.1. The first-order valence-electron chi connectivity index (χ1n) is 8.75. The fraction of sp³-hybridized carbons (Fsp3) is 0.706. The van der Waals surface area contributed by atoms with Crippen molar-refractivity contribution in [2.24, 2.45) is 0 Å². The zero-order chi connectivity index (χ0) is 16.9. The van der Waals surface area contributed by atoms with Crippen LogP contribution in [0, 0.1) is 0 Å². The third kappa shape index (κ3) is 4.21. The van der Waals surface area contributed by atoms with Crippen LogP contribution in [0.5, 0.6) is 0 Å². The second-order valence-corrected chi connectivity index (χ2v) is 6.58. The summed E-state index contributed by atoms with van der Waals surface area (Å²) in [6.07, 6.45) is 2.19. The maximum absolute atomic E-state index is 12.5. The van der Waals surface area contributed by atoms with Crippen LogP contribution >= 0.6 is 0 Å². The van der Waals surface area contributed by atoms with Gasteiger partial charge in [0.25, 0.3) is 5.91 Å². The van der Waals surface area contributed by atoms with E-state index >= 15 is 0 Å². The Bertz CT molecular complexity index is 567. The van der Waals surface area contributed by atoms with E-state index in [9.17, 15) is 4.79 Å². The van der Waals surface area contributed by atoms with Gasteiger partial charge in [-0.25, -0.2) is 9.97 Å². The van der Waals surface area contributed by atoms with Gasteiger partial charge in [-0.2, -0.15) is 0 Å². The van der Waals surface area contributed by atoms with Crippen LogP contribution in [-0.2, 0) is 9.47 Å². The summed E-state index contributed by atoms with van der Waals surface area (Å²) in [5, 5.41) is 2.94. The van der Waals surface area contributed by atoms with Crippen molar-refractivity contribution >= 4 is 11.9 Å². The van der Waals surface area contributed by atoms with Crippen LogP contribution in [0.3, 0.4) is 0 Å². The number of amides is 1. The number of ether oxygens (including phenoxy) is 2. The van der Waals surface area contributed by atoms with Crippen LogP contribution in [0.1, 0.15) is 48.8 Å². The van der Waals surface area contributed by atoms with Gasteiger partial charge in [0.15, 0.2) is 0 Å². The van der Waals surface area contributed by atoms with Crippen LogP contribution in [0.25, 0.3) is 0 Å². The van der Waals surface area contributed by atoms with E-state index in [1.54, 1.807) is 6.07 Å². The summed E-state index contributed by atoms with van der Waals surface area (Å²) in [5.41, 5.74) is 1.31. The molecule has 2 fully saturated rings. The summed E-state index contributed by atoms with van der Waals surface area (Å²) in [6.45, 7) is 8.28. The van der Waals surface area contributed by atoms with Crippen LogP contribution in [0.15, 0.2) is 6.07 Å². The van der Waals surface area contributed by atoms with Crippen molar-refractivity contribution in [3.05, 3.63) is 17.5 Å². The molecule has 0 radical (unpaired) electrons. The normalized spacial score (nSPS) is 21.3. The van der Waals surface area contributed by atoms with Gasteiger partial charge in [-0.15, -0.1) is 0 Å². The van der Waals surface area contributed by atoms with Gasteiger partial charge in [0.2, 0.25) is 5.95 Å². The summed E-state index contributed by atoms with van der Waals surface area (Å²) in [7, 11) is 0. The number of carbonyl (C=O) groups excluding carboxylic acids is 1. The Labute approximate surface area is 142 Å². The Morgan fingerprint density at radius 2 is 2.12 bits per heavy atom. The molecule has 0 bridgehead atoms. The highest BCUT2D eigenvalue weighted by Gasteiger charge is 2.21. The molecular weight excluding hydrogens is 308 g/mol. The van der Waals surface area contributed by atoms with Gasteiger partial charge in [-0.05, 0) is 24.8 Å². The van der Waals surface area contributed by atoms with Gasteiger partial charge in [0.1, 0.15) is 5.69 Å². The lowest BCUT2D eigenvalue weighted by Gasteiger charge is -2.27. The summed E-state index contributed by atoms with van der Waals surface area (Å²) < 4.78 is 10.9.